The number of Topliss-reactive ketones (excluding diaryl/α,β-unsaturated/α-hetero) is 1. The van der Waals surface area contributed by atoms with E-state index in [1.54, 1.807) is 6.07 Å². The second-order valence-corrected chi connectivity index (χ2v) is 5.63. The summed E-state index contributed by atoms with van der Waals surface area (Å²) in [4.78, 5) is 23.9. The average molecular weight is 360 g/mol. The number of esters is 1. The summed E-state index contributed by atoms with van der Waals surface area (Å²) in [6.07, 6.45) is 2.62. The summed E-state index contributed by atoms with van der Waals surface area (Å²) in [5.74, 6) is -0.920. The number of carbonyl (C=O) groups is 2. The molecule has 2 rings (SSSR count). The number of alkyl halides is 2. The number of carbonyl (C=O) groups excluding carboxylic acids is 2. The van der Waals surface area contributed by atoms with Crippen molar-refractivity contribution in [1.82, 2.24) is 0 Å². The van der Waals surface area contributed by atoms with Gasteiger partial charge in [-0.15, -0.1) is 0 Å². The Balaban J connectivity index is 1.89. The second-order valence-electron chi connectivity index (χ2n) is 5.63. The molecule has 0 fully saturated rings. The standard InChI is InChI=1S/C20H18F2O4/c1-13-3-4-14(2)17(11-13)18(23)12-25-19(24)10-7-15-5-8-16(9-6-15)26-20(21)22/h3-11,20H,12H2,1-2H3/b10-7+. The first kappa shape index (κ1) is 19.3. The predicted molar refractivity (Wildman–Crippen MR) is 93.3 cm³/mol. The molecule has 0 spiro atoms. The number of ether oxygens (including phenoxy) is 2. The Morgan fingerprint density at radius 1 is 1.08 bits per heavy atom. The minimum absolute atomic E-state index is 0.0267. The predicted octanol–water partition coefficient (Wildman–Crippen LogP) is 4.34. The van der Waals surface area contributed by atoms with Crippen LogP contribution in [0.4, 0.5) is 8.78 Å². The lowest BCUT2D eigenvalue weighted by Crippen LogP contribution is -2.13. The van der Waals surface area contributed by atoms with Gasteiger partial charge in [0.25, 0.3) is 0 Å². The summed E-state index contributed by atoms with van der Waals surface area (Å²) in [6.45, 7) is 0.452. The smallest absolute Gasteiger partial charge is 0.387 e. The largest absolute Gasteiger partial charge is 0.454 e. The van der Waals surface area contributed by atoms with Gasteiger partial charge in [-0.1, -0.05) is 29.8 Å². The first-order chi connectivity index (χ1) is 12.3. The number of hydrogen-bond acceptors (Lipinski definition) is 4. The third-order valence-corrected chi connectivity index (χ3v) is 3.56. The van der Waals surface area contributed by atoms with Gasteiger partial charge in [0.05, 0.1) is 0 Å². The summed E-state index contributed by atoms with van der Waals surface area (Å²) in [7, 11) is 0. The van der Waals surface area contributed by atoms with Crippen LogP contribution in [0.5, 0.6) is 5.75 Å². The lowest BCUT2D eigenvalue weighted by Gasteiger charge is -2.06. The molecule has 0 amide bonds. The molecule has 0 aliphatic rings. The summed E-state index contributed by atoms with van der Waals surface area (Å²) < 4.78 is 33.3. The summed E-state index contributed by atoms with van der Waals surface area (Å²) in [5.41, 5.74) is 2.89. The maximum atomic E-state index is 12.1. The lowest BCUT2D eigenvalue weighted by atomic mass is 10.0. The van der Waals surface area contributed by atoms with Crippen molar-refractivity contribution in [2.24, 2.45) is 0 Å². The topological polar surface area (TPSA) is 52.6 Å². The third-order valence-electron chi connectivity index (χ3n) is 3.56. The van der Waals surface area contributed by atoms with Crippen molar-refractivity contribution < 1.29 is 27.8 Å². The van der Waals surface area contributed by atoms with Crippen LogP contribution < -0.4 is 4.74 Å². The highest BCUT2D eigenvalue weighted by Gasteiger charge is 2.11. The molecule has 0 bridgehead atoms. The normalized spacial score (nSPS) is 11.0. The van der Waals surface area contributed by atoms with Gasteiger partial charge >= 0.3 is 12.6 Å². The fourth-order valence-electron chi connectivity index (χ4n) is 2.22. The van der Waals surface area contributed by atoms with Crippen LogP contribution in [0, 0.1) is 13.8 Å². The molecular weight excluding hydrogens is 342 g/mol. The molecule has 0 saturated heterocycles. The molecule has 0 radical (unpaired) electrons. The van der Waals surface area contributed by atoms with E-state index in [9.17, 15) is 18.4 Å². The molecular formula is C20H18F2O4. The molecule has 136 valence electrons. The molecule has 2 aromatic rings. The van der Waals surface area contributed by atoms with Gasteiger partial charge in [0.2, 0.25) is 5.78 Å². The zero-order valence-electron chi connectivity index (χ0n) is 14.4. The van der Waals surface area contributed by atoms with Gasteiger partial charge in [0.1, 0.15) is 5.75 Å². The molecule has 0 saturated carbocycles. The van der Waals surface area contributed by atoms with Crippen LogP contribution in [-0.2, 0) is 9.53 Å². The Morgan fingerprint density at radius 2 is 1.77 bits per heavy atom. The Hall–Kier alpha value is -3.02. The summed E-state index contributed by atoms with van der Waals surface area (Å²) in [5, 5.41) is 0. The fourth-order valence-corrected chi connectivity index (χ4v) is 2.22. The SMILES string of the molecule is Cc1ccc(C)c(C(=O)COC(=O)/C=C/c2ccc(OC(F)F)cc2)c1. The monoisotopic (exact) mass is 360 g/mol. The van der Waals surface area contributed by atoms with E-state index < -0.39 is 12.6 Å². The van der Waals surface area contributed by atoms with Crippen LogP contribution in [-0.4, -0.2) is 25.0 Å². The van der Waals surface area contributed by atoms with E-state index in [0.29, 0.717) is 11.1 Å². The van der Waals surface area contributed by atoms with Crippen molar-refractivity contribution in [3.8, 4) is 5.75 Å². The highest BCUT2D eigenvalue weighted by atomic mass is 19.3. The molecule has 6 heteroatoms. The Bertz CT molecular complexity index is 811. The number of rotatable bonds is 7. The number of aryl methyl sites for hydroxylation is 2. The molecule has 4 nitrogen and oxygen atoms in total. The summed E-state index contributed by atoms with van der Waals surface area (Å²) in [6, 6.07) is 11.3. The van der Waals surface area contributed by atoms with E-state index >= 15 is 0 Å². The second kappa shape index (κ2) is 8.89. The molecule has 2 aromatic carbocycles. The molecule has 26 heavy (non-hydrogen) atoms. The minimum Gasteiger partial charge on any atom is -0.454 e. The zero-order chi connectivity index (χ0) is 19.1. The summed E-state index contributed by atoms with van der Waals surface area (Å²) >= 11 is 0. The van der Waals surface area contributed by atoms with E-state index in [1.165, 1.54) is 36.4 Å². The van der Waals surface area contributed by atoms with Gasteiger partial charge < -0.3 is 9.47 Å². The molecule has 0 aliphatic carbocycles. The van der Waals surface area contributed by atoms with Crippen LogP contribution in [0.15, 0.2) is 48.5 Å². The highest BCUT2D eigenvalue weighted by Crippen LogP contribution is 2.16. The van der Waals surface area contributed by atoms with Crippen molar-refractivity contribution in [3.05, 3.63) is 70.8 Å². The van der Waals surface area contributed by atoms with Crippen LogP contribution in [0.3, 0.4) is 0 Å². The Kier molecular flexibility index (Phi) is 6.60. The minimum atomic E-state index is -2.89. The number of ketones is 1. The number of hydrogen-bond donors (Lipinski definition) is 0. The molecule has 0 aliphatic heterocycles. The van der Waals surface area contributed by atoms with E-state index in [4.69, 9.17) is 4.74 Å². The van der Waals surface area contributed by atoms with Crippen molar-refractivity contribution >= 4 is 17.8 Å². The van der Waals surface area contributed by atoms with Crippen LogP contribution in [0.2, 0.25) is 0 Å². The third kappa shape index (κ3) is 5.81. The van der Waals surface area contributed by atoms with Crippen LogP contribution >= 0.6 is 0 Å². The van der Waals surface area contributed by atoms with Crippen molar-refractivity contribution in [2.45, 2.75) is 20.5 Å². The van der Waals surface area contributed by atoms with E-state index in [2.05, 4.69) is 4.74 Å². The quantitative estimate of drug-likeness (QED) is 0.419. The van der Waals surface area contributed by atoms with E-state index in [1.807, 2.05) is 26.0 Å². The fraction of sp³-hybridized carbons (Fsp3) is 0.200. The van der Waals surface area contributed by atoms with E-state index in [-0.39, 0.29) is 18.1 Å². The van der Waals surface area contributed by atoms with Gasteiger partial charge in [-0.3, -0.25) is 4.79 Å². The Labute approximate surface area is 150 Å². The molecule has 0 unspecified atom stereocenters. The molecule has 0 N–H and O–H groups in total. The van der Waals surface area contributed by atoms with Crippen molar-refractivity contribution in [2.75, 3.05) is 6.61 Å². The highest BCUT2D eigenvalue weighted by molar-refractivity contribution is 6.00. The lowest BCUT2D eigenvalue weighted by molar-refractivity contribution is -0.136. The maximum absolute atomic E-state index is 12.1. The van der Waals surface area contributed by atoms with Gasteiger partial charge in [0.15, 0.2) is 6.61 Å². The van der Waals surface area contributed by atoms with Crippen molar-refractivity contribution in [3.63, 3.8) is 0 Å². The van der Waals surface area contributed by atoms with E-state index in [0.717, 1.165) is 11.1 Å². The van der Waals surface area contributed by atoms with Crippen LogP contribution in [0.25, 0.3) is 6.08 Å². The average Bonchev–Trinajstić information content (AvgIpc) is 2.60. The molecule has 0 heterocycles. The molecule has 0 aromatic heterocycles. The number of halogens is 2. The first-order valence-corrected chi connectivity index (χ1v) is 7.85. The Morgan fingerprint density at radius 3 is 2.42 bits per heavy atom. The van der Waals surface area contributed by atoms with Gasteiger partial charge in [0, 0.05) is 11.6 Å². The number of benzene rings is 2. The zero-order valence-corrected chi connectivity index (χ0v) is 14.4. The molecule has 0 atom stereocenters. The first-order valence-electron chi connectivity index (χ1n) is 7.85. The van der Waals surface area contributed by atoms with Gasteiger partial charge in [-0.25, -0.2) is 4.79 Å². The maximum Gasteiger partial charge on any atom is 0.387 e. The van der Waals surface area contributed by atoms with Gasteiger partial charge in [-0.05, 0) is 49.2 Å². The van der Waals surface area contributed by atoms with Gasteiger partial charge in [-0.2, -0.15) is 8.78 Å². The van der Waals surface area contributed by atoms with Crippen molar-refractivity contribution in [1.29, 1.82) is 0 Å². The van der Waals surface area contributed by atoms with Crippen LogP contribution in [0.1, 0.15) is 27.0 Å².